The predicted molar refractivity (Wildman–Crippen MR) is 132 cm³/mol. The van der Waals surface area contributed by atoms with E-state index in [4.69, 9.17) is 0 Å². The number of allylic oxidation sites excluding steroid dienone is 10. The van der Waals surface area contributed by atoms with E-state index in [1.165, 1.54) is 44.5 Å². The highest BCUT2D eigenvalue weighted by molar-refractivity contribution is 6.74. The lowest BCUT2D eigenvalue weighted by Crippen LogP contribution is -2.29. The summed E-state index contributed by atoms with van der Waals surface area (Å²) in [7, 11) is 4.43. The van der Waals surface area contributed by atoms with Gasteiger partial charge in [-0.05, 0) is 30.0 Å². The van der Waals surface area contributed by atoms with Crippen LogP contribution in [0.25, 0.3) is 10.8 Å². The van der Waals surface area contributed by atoms with E-state index in [0.717, 1.165) is 12.8 Å². The molecule has 2 aliphatic carbocycles. The lowest BCUT2D eigenvalue weighted by atomic mass is 9.39. The third-order valence-electron chi connectivity index (χ3n) is 6.66. The van der Waals surface area contributed by atoms with Gasteiger partial charge in [-0.25, -0.2) is 0 Å². The van der Waals surface area contributed by atoms with Gasteiger partial charge in [0.1, 0.15) is 0 Å². The van der Waals surface area contributed by atoms with Crippen LogP contribution in [0, 0.1) is 0 Å². The maximum absolute atomic E-state index is 2.42. The van der Waals surface area contributed by atoms with Gasteiger partial charge in [0.2, 0.25) is 6.71 Å². The summed E-state index contributed by atoms with van der Waals surface area (Å²) in [6.45, 7) is 2.70. The van der Waals surface area contributed by atoms with Gasteiger partial charge in [-0.15, -0.1) is 0 Å². The Morgan fingerprint density at radius 1 is 0.833 bits per heavy atom. The maximum atomic E-state index is 2.42. The molecule has 0 atom stereocenters. The van der Waals surface area contributed by atoms with E-state index >= 15 is 0 Å². The average molecular weight is 390 g/mol. The number of hydrogen-bond acceptors (Lipinski definition) is 2. The van der Waals surface area contributed by atoms with Crippen LogP contribution >= 0.6 is 0 Å². The molecule has 5 rings (SSSR count). The Morgan fingerprint density at radius 2 is 1.60 bits per heavy atom. The fraction of sp³-hybridized carbons (Fsp3) is 0.185. The van der Waals surface area contributed by atoms with Gasteiger partial charge in [0.25, 0.3) is 0 Å². The molecule has 0 N–H and O–H groups in total. The molecule has 2 nitrogen and oxygen atoms in total. The molecule has 2 aromatic rings. The zero-order chi connectivity index (χ0) is 20.7. The standard InChI is InChI=1S/C27H27BN2/c1-28-23-14-6-4-8-16-25(23)29(2)21-18-20-12-10-11-13-22(20)27(19-21)30(3)26-17-9-5-7-15-24(26)28/h4-13,15-16,18-19H,14,17H2,1-3H3. The molecule has 1 aliphatic heterocycles. The summed E-state index contributed by atoms with van der Waals surface area (Å²) in [4.78, 5) is 4.78. The first kappa shape index (κ1) is 18.8. The third-order valence-corrected chi connectivity index (χ3v) is 6.66. The van der Waals surface area contributed by atoms with Crippen LogP contribution in [-0.2, 0) is 0 Å². The van der Waals surface area contributed by atoms with Crippen LogP contribution in [0.2, 0.25) is 6.82 Å². The summed E-state index contributed by atoms with van der Waals surface area (Å²) < 4.78 is 0. The highest BCUT2D eigenvalue weighted by Gasteiger charge is 2.28. The Balaban J connectivity index is 1.87. The van der Waals surface area contributed by atoms with E-state index in [2.05, 4.69) is 116 Å². The Bertz CT molecular complexity index is 1190. The molecule has 3 aliphatic rings. The van der Waals surface area contributed by atoms with Crippen molar-refractivity contribution in [3.8, 4) is 0 Å². The first-order valence-electron chi connectivity index (χ1n) is 10.8. The minimum atomic E-state index is 0.332. The van der Waals surface area contributed by atoms with Gasteiger partial charge in [-0.2, -0.15) is 0 Å². The molecule has 0 amide bonds. The molecular weight excluding hydrogens is 363 g/mol. The molecule has 0 unspecified atom stereocenters. The molecule has 0 radical (unpaired) electrons. The normalized spacial score (nSPS) is 18.6. The molecule has 0 saturated carbocycles. The van der Waals surface area contributed by atoms with Gasteiger partial charge >= 0.3 is 0 Å². The molecule has 0 spiro atoms. The van der Waals surface area contributed by atoms with Crippen LogP contribution in [0.3, 0.4) is 0 Å². The Hall–Kier alpha value is -3.20. The van der Waals surface area contributed by atoms with Gasteiger partial charge < -0.3 is 9.80 Å². The van der Waals surface area contributed by atoms with Crippen molar-refractivity contribution in [3.63, 3.8) is 0 Å². The van der Waals surface area contributed by atoms with Gasteiger partial charge in [0.05, 0.1) is 5.69 Å². The SMILES string of the molecule is CB1C2=C(CC=CC=C2)N(C)c2cc(cc3ccccc23)N(C)C2=C1CC=CC=C2. The second-order valence-electron chi connectivity index (χ2n) is 8.32. The zero-order valence-corrected chi connectivity index (χ0v) is 18.0. The summed E-state index contributed by atoms with van der Waals surface area (Å²) in [6.07, 6.45) is 19.8. The van der Waals surface area contributed by atoms with E-state index in [1.54, 1.807) is 0 Å². The van der Waals surface area contributed by atoms with Gasteiger partial charge in [0, 0.05) is 43.0 Å². The quantitative estimate of drug-likeness (QED) is 0.476. The average Bonchev–Trinajstić information content (AvgIpc) is 3.17. The second-order valence-corrected chi connectivity index (χ2v) is 8.32. The van der Waals surface area contributed by atoms with Gasteiger partial charge in [-0.3, -0.25) is 0 Å². The number of nitrogens with zero attached hydrogens (tertiary/aromatic N) is 2. The molecule has 30 heavy (non-hydrogen) atoms. The van der Waals surface area contributed by atoms with Crippen molar-refractivity contribution in [2.45, 2.75) is 19.7 Å². The van der Waals surface area contributed by atoms with Crippen LogP contribution in [0.15, 0.2) is 107 Å². The van der Waals surface area contributed by atoms with Crippen molar-refractivity contribution in [2.24, 2.45) is 0 Å². The molecular formula is C27H27BN2. The first-order valence-corrected chi connectivity index (χ1v) is 10.8. The maximum Gasteiger partial charge on any atom is 0.206 e. The fourth-order valence-electron chi connectivity index (χ4n) is 4.93. The lowest BCUT2D eigenvalue weighted by molar-refractivity contribution is 1.02. The van der Waals surface area contributed by atoms with Gasteiger partial charge in [-0.1, -0.05) is 84.6 Å². The monoisotopic (exact) mass is 390 g/mol. The first-order chi connectivity index (χ1) is 14.6. The van der Waals surface area contributed by atoms with Crippen molar-refractivity contribution < 1.29 is 0 Å². The van der Waals surface area contributed by atoms with E-state index < -0.39 is 0 Å². The Kier molecular flexibility index (Phi) is 4.74. The van der Waals surface area contributed by atoms with E-state index in [0.29, 0.717) is 6.71 Å². The Morgan fingerprint density at radius 3 is 2.47 bits per heavy atom. The number of fused-ring (bicyclic) bond motifs is 4. The van der Waals surface area contributed by atoms with E-state index in [-0.39, 0.29) is 0 Å². The topological polar surface area (TPSA) is 6.48 Å². The predicted octanol–water partition coefficient (Wildman–Crippen LogP) is 6.47. The van der Waals surface area contributed by atoms with Crippen molar-refractivity contribution in [3.05, 3.63) is 107 Å². The van der Waals surface area contributed by atoms with Gasteiger partial charge in [0.15, 0.2) is 0 Å². The summed E-state index contributed by atoms with van der Waals surface area (Å²) in [5.74, 6) is 0. The number of benzene rings is 2. The second kappa shape index (κ2) is 7.57. The molecule has 0 aromatic heterocycles. The zero-order valence-electron chi connectivity index (χ0n) is 18.0. The number of anilines is 2. The molecule has 0 saturated heterocycles. The summed E-state index contributed by atoms with van der Waals surface area (Å²) in [5, 5.41) is 2.57. The van der Waals surface area contributed by atoms with Crippen molar-refractivity contribution in [1.82, 2.24) is 0 Å². The number of rotatable bonds is 0. The molecule has 1 heterocycles. The highest BCUT2D eigenvalue weighted by atomic mass is 15.1. The smallest absolute Gasteiger partial charge is 0.206 e. The van der Waals surface area contributed by atoms with Crippen LogP contribution in [-0.4, -0.2) is 20.8 Å². The van der Waals surface area contributed by atoms with Crippen molar-refractivity contribution in [2.75, 3.05) is 23.9 Å². The number of hydrogen-bond donors (Lipinski definition) is 0. The third kappa shape index (κ3) is 3.06. The van der Waals surface area contributed by atoms with Crippen LogP contribution in [0.5, 0.6) is 0 Å². The highest BCUT2D eigenvalue weighted by Crippen LogP contribution is 2.39. The van der Waals surface area contributed by atoms with Crippen molar-refractivity contribution >= 4 is 28.9 Å². The van der Waals surface area contributed by atoms with Crippen LogP contribution < -0.4 is 9.80 Å². The minimum absolute atomic E-state index is 0.332. The molecule has 148 valence electrons. The molecule has 3 heteroatoms. The van der Waals surface area contributed by atoms with Crippen molar-refractivity contribution in [1.29, 1.82) is 0 Å². The molecule has 2 bridgehead atoms. The minimum Gasteiger partial charge on any atom is -0.348 e. The number of likely N-dealkylation sites (N-methyl/N-ethyl adjacent to an activating group) is 1. The summed E-state index contributed by atoms with van der Waals surface area (Å²) in [6, 6.07) is 13.4. The Labute approximate surface area is 180 Å². The van der Waals surface area contributed by atoms with Crippen LogP contribution in [0.4, 0.5) is 11.4 Å². The lowest BCUT2D eigenvalue weighted by Gasteiger charge is -2.33. The summed E-state index contributed by atoms with van der Waals surface area (Å²) in [5.41, 5.74) is 8.04. The van der Waals surface area contributed by atoms with E-state index in [9.17, 15) is 0 Å². The largest absolute Gasteiger partial charge is 0.348 e. The van der Waals surface area contributed by atoms with Crippen LogP contribution in [0.1, 0.15) is 12.8 Å². The molecule has 0 fully saturated rings. The van der Waals surface area contributed by atoms with E-state index in [1.807, 2.05) is 0 Å². The fourth-order valence-corrected chi connectivity index (χ4v) is 4.93. The molecule has 2 aromatic carbocycles. The summed E-state index contributed by atoms with van der Waals surface area (Å²) >= 11 is 0.